The Morgan fingerprint density at radius 1 is 1.18 bits per heavy atom. The van der Waals surface area contributed by atoms with Crippen molar-refractivity contribution in [1.29, 1.82) is 0 Å². The summed E-state index contributed by atoms with van der Waals surface area (Å²) in [6.45, 7) is 5.96. The highest BCUT2D eigenvalue weighted by Crippen LogP contribution is 2.29. The van der Waals surface area contributed by atoms with Gasteiger partial charge in [0.05, 0.1) is 36.8 Å². The Morgan fingerprint density at radius 2 is 1.89 bits per heavy atom. The molecule has 10 nitrogen and oxygen atoms in total. The van der Waals surface area contributed by atoms with Gasteiger partial charge in [0, 0.05) is 62.7 Å². The van der Waals surface area contributed by atoms with E-state index in [1.165, 1.54) is 23.1 Å². The molecule has 1 aromatic carbocycles. The zero-order chi connectivity index (χ0) is 33.1. The minimum absolute atomic E-state index is 0.0995. The molecule has 3 rings (SSSR count). The standard InChI is InChI=1S/C32H43F3N4O6/c1-21-18-39(22(2)20-40)31(43)26-17-25(37-29(41)10-13-32(33,34)35)8-9-27(26)45-23(3)7-5-6-16-44-28(21)19-38(4)30(42)24-11-14-36-15-12-24/h8-9,11-12,14-15,17,21-23,28,40H,5-7,10,13,16,18-20H2,1-4H3,(H,37,41)/t21-,22-,23+,28-/m0/s1. The minimum atomic E-state index is -4.48. The molecule has 248 valence electrons. The van der Waals surface area contributed by atoms with E-state index in [1.54, 1.807) is 43.4 Å². The fourth-order valence-electron chi connectivity index (χ4n) is 5.01. The maximum Gasteiger partial charge on any atom is 0.389 e. The van der Waals surface area contributed by atoms with Crippen molar-refractivity contribution in [3.8, 4) is 5.75 Å². The molecule has 0 unspecified atom stereocenters. The highest BCUT2D eigenvalue weighted by atomic mass is 19.4. The molecular formula is C32H43F3N4O6. The number of carbonyl (C=O) groups excluding carboxylic acids is 3. The molecule has 13 heteroatoms. The van der Waals surface area contributed by atoms with Crippen LogP contribution in [0.1, 0.15) is 73.6 Å². The number of carbonyl (C=O) groups is 3. The molecule has 45 heavy (non-hydrogen) atoms. The van der Waals surface area contributed by atoms with Crippen molar-refractivity contribution in [2.24, 2.45) is 5.92 Å². The Morgan fingerprint density at radius 3 is 2.56 bits per heavy atom. The Hall–Kier alpha value is -3.71. The van der Waals surface area contributed by atoms with E-state index in [0.29, 0.717) is 18.6 Å². The van der Waals surface area contributed by atoms with Crippen molar-refractivity contribution in [2.45, 2.75) is 77.3 Å². The first-order chi connectivity index (χ1) is 21.3. The number of rotatable bonds is 8. The topological polar surface area (TPSA) is 121 Å². The number of fused-ring (bicyclic) bond motifs is 1. The van der Waals surface area contributed by atoms with Gasteiger partial charge in [-0.25, -0.2) is 0 Å². The van der Waals surface area contributed by atoms with E-state index in [9.17, 15) is 32.7 Å². The highest BCUT2D eigenvalue weighted by Gasteiger charge is 2.32. The van der Waals surface area contributed by atoms with Crippen LogP contribution >= 0.6 is 0 Å². The molecule has 1 aliphatic heterocycles. The van der Waals surface area contributed by atoms with Crippen molar-refractivity contribution in [3.63, 3.8) is 0 Å². The third-order valence-corrected chi connectivity index (χ3v) is 7.70. The number of ether oxygens (including phenoxy) is 2. The lowest BCUT2D eigenvalue weighted by atomic mass is 10.0. The van der Waals surface area contributed by atoms with Crippen LogP contribution < -0.4 is 10.1 Å². The number of hydrogen-bond donors (Lipinski definition) is 2. The van der Waals surface area contributed by atoms with Crippen LogP contribution in [0.15, 0.2) is 42.7 Å². The summed E-state index contributed by atoms with van der Waals surface area (Å²) in [5, 5.41) is 12.5. The zero-order valence-electron chi connectivity index (χ0n) is 26.2. The van der Waals surface area contributed by atoms with Crippen molar-refractivity contribution in [1.82, 2.24) is 14.8 Å². The molecule has 0 spiro atoms. The van der Waals surface area contributed by atoms with Crippen molar-refractivity contribution >= 4 is 23.4 Å². The Kier molecular flexibility index (Phi) is 13.2. The number of aromatic nitrogens is 1. The van der Waals surface area contributed by atoms with E-state index < -0.39 is 43.0 Å². The van der Waals surface area contributed by atoms with E-state index >= 15 is 0 Å². The van der Waals surface area contributed by atoms with E-state index in [-0.39, 0.29) is 54.6 Å². The van der Waals surface area contributed by atoms with Crippen molar-refractivity contribution < 1.29 is 42.1 Å². The molecule has 0 saturated carbocycles. The summed E-state index contributed by atoms with van der Waals surface area (Å²) in [6.07, 6.45) is -1.97. The van der Waals surface area contributed by atoms with Crippen LogP contribution in [0.3, 0.4) is 0 Å². The molecule has 0 aliphatic carbocycles. The molecule has 0 fully saturated rings. The lowest BCUT2D eigenvalue weighted by molar-refractivity contribution is -0.142. The summed E-state index contributed by atoms with van der Waals surface area (Å²) in [5.41, 5.74) is 0.731. The lowest BCUT2D eigenvalue weighted by Crippen LogP contribution is -2.48. The quantitative estimate of drug-likeness (QED) is 0.422. The van der Waals surface area contributed by atoms with Gasteiger partial charge in [0.2, 0.25) is 5.91 Å². The zero-order valence-corrected chi connectivity index (χ0v) is 26.2. The summed E-state index contributed by atoms with van der Waals surface area (Å²) < 4.78 is 50.3. The van der Waals surface area contributed by atoms with Crippen molar-refractivity contribution in [2.75, 3.05) is 38.7 Å². The number of aliphatic hydroxyl groups excluding tert-OH is 1. The SMILES string of the molecule is C[C@@H]1CCCCO[C@@H](CN(C)C(=O)c2ccncc2)[C@@H](C)CN([C@@H](C)CO)C(=O)c2cc(NC(=O)CCC(F)(F)F)ccc2O1. The van der Waals surface area contributed by atoms with E-state index in [4.69, 9.17) is 9.47 Å². The second-order valence-electron chi connectivity index (χ2n) is 11.6. The third kappa shape index (κ3) is 11.0. The molecular weight excluding hydrogens is 593 g/mol. The van der Waals surface area contributed by atoms with Crippen LogP contribution in [0.5, 0.6) is 5.75 Å². The number of anilines is 1. The Balaban J connectivity index is 1.91. The number of aliphatic hydroxyl groups is 1. The molecule has 3 amide bonds. The van der Waals surface area contributed by atoms with Crippen LogP contribution in [0, 0.1) is 5.92 Å². The second-order valence-corrected chi connectivity index (χ2v) is 11.6. The first kappa shape index (κ1) is 35.8. The van der Waals surface area contributed by atoms with Gasteiger partial charge in [0.15, 0.2) is 0 Å². The van der Waals surface area contributed by atoms with Gasteiger partial charge in [-0.15, -0.1) is 0 Å². The highest BCUT2D eigenvalue weighted by molar-refractivity contribution is 5.99. The molecule has 0 bridgehead atoms. The average Bonchev–Trinajstić information content (AvgIpc) is 3.01. The smallest absolute Gasteiger partial charge is 0.389 e. The number of hydrogen-bond acceptors (Lipinski definition) is 7. The van der Waals surface area contributed by atoms with Crippen LogP contribution in [0.4, 0.5) is 18.9 Å². The number of benzene rings is 1. The molecule has 2 aromatic rings. The van der Waals surface area contributed by atoms with Crippen molar-refractivity contribution in [3.05, 3.63) is 53.9 Å². The maximum absolute atomic E-state index is 14.1. The summed E-state index contributed by atoms with van der Waals surface area (Å²) in [4.78, 5) is 46.5. The van der Waals surface area contributed by atoms with Crippen LogP contribution in [-0.2, 0) is 9.53 Å². The molecule has 0 saturated heterocycles. The molecule has 4 atom stereocenters. The van der Waals surface area contributed by atoms with Gasteiger partial charge < -0.3 is 29.7 Å². The predicted octanol–water partition coefficient (Wildman–Crippen LogP) is 4.93. The summed E-state index contributed by atoms with van der Waals surface area (Å²) in [7, 11) is 1.68. The van der Waals surface area contributed by atoms with Gasteiger partial charge in [-0.1, -0.05) is 6.92 Å². The molecule has 1 aliphatic rings. The summed E-state index contributed by atoms with van der Waals surface area (Å²) >= 11 is 0. The summed E-state index contributed by atoms with van der Waals surface area (Å²) in [5.74, 6) is -1.55. The first-order valence-corrected chi connectivity index (χ1v) is 15.1. The van der Waals surface area contributed by atoms with E-state index in [2.05, 4.69) is 10.3 Å². The number of amides is 3. The van der Waals surface area contributed by atoms with Gasteiger partial charge in [0.1, 0.15) is 5.75 Å². The minimum Gasteiger partial charge on any atom is -0.490 e. The normalized spacial score (nSPS) is 20.8. The number of nitrogens with one attached hydrogen (secondary N) is 1. The summed E-state index contributed by atoms with van der Waals surface area (Å²) in [6, 6.07) is 7.03. The van der Waals surface area contributed by atoms with Crippen LogP contribution in [0.2, 0.25) is 0 Å². The number of pyridine rings is 1. The van der Waals surface area contributed by atoms with Crippen LogP contribution in [0.25, 0.3) is 0 Å². The van der Waals surface area contributed by atoms with E-state index in [1.807, 2.05) is 13.8 Å². The second kappa shape index (κ2) is 16.6. The number of alkyl halides is 3. The largest absolute Gasteiger partial charge is 0.490 e. The predicted molar refractivity (Wildman–Crippen MR) is 162 cm³/mol. The molecule has 2 N–H and O–H groups in total. The Labute approximate surface area is 261 Å². The van der Waals surface area contributed by atoms with E-state index in [0.717, 1.165) is 12.8 Å². The molecule has 1 aromatic heterocycles. The van der Waals surface area contributed by atoms with Gasteiger partial charge in [0.25, 0.3) is 11.8 Å². The Bertz CT molecular complexity index is 1280. The first-order valence-electron chi connectivity index (χ1n) is 15.1. The average molecular weight is 637 g/mol. The third-order valence-electron chi connectivity index (χ3n) is 7.70. The fourth-order valence-corrected chi connectivity index (χ4v) is 5.01. The number of nitrogens with zero attached hydrogens (tertiary/aromatic N) is 3. The van der Waals surface area contributed by atoms with Gasteiger partial charge in [-0.2, -0.15) is 13.2 Å². The number of likely N-dealkylation sites (N-methyl/N-ethyl adjacent to an activating group) is 1. The van der Waals surface area contributed by atoms with Crippen LogP contribution in [-0.4, -0.2) is 95.4 Å². The number of halogens is 3. The lowest BCUT2D eigenvalue weighted by Gasteiger charge is -2.36. The molecule has 0 radical (unpaired) electrons. The van der Waals surface area contributed by atoms with Gasteiger partial charge in [-0.3, -0.25) is 19.4 Å². The van der Waals surface area contributed by atoms with Gasteiger partial charge >= 0.3 is 6.18 Å². The monoisotopic (exact) mass is 636 g/mol. The van der Waals surface area contributed by atoms with Gasteiger partial charge in [-0.05, 0) is 63.4 Å². The fraction of sp³-hybridized carbons (Fsp3) is 0.562. The molecule has 2 heterocycles. The maximum atomic E-state index is 14.1.